The first kappa shape index (κ1) is 15.6. The topological polar surface area (TPSA) is 42.2 Å². The highest BCUT2D eigenvalue weighted by molar-refractivity contribution is 5.97. The molecule has 1 heterocycles. The zero-order valence-electron chi connectivity index (χ0n) is 13.5. The minimum Gasteiger partial charge on any atom is -0.396 e. The molecule has 0 aliphatic carbocycles. The monoisotopic (exact) mass is 285 g/mol. The van der Waals surface area contributed by atoms with Crippen molar-refractivity contribution in [3.05, 3.63) is 30.0 Å². The SMILES string of the molecule is CCCCN(CCCC)c1ccc2nc(C)ccc2c1N. The molecule has 114 valence electrons. The molecule has 0 bridgehead atoms. The maximum absolute atomic E-state index is 6.43. The van der Waals surface area contributed by atoms with Gasteiger partial charge in [0, 0.05) is 24.2 Å². The van der Waals surface area contributed by atoms with Crippen molar-refractivity contribution in [1.29, 1.82) is 0 Å². The molecule has 0 aliphatic rings. The number of pyridine rings is 1. The summed E-state index contributed by atoms with van der Waals surface area (Å²) in [5.41, 5.74) is 10.5. The zero-order chi connectivity index (χ0) is 15.2. The summed E-state index contributed by atoms with van der Waals surface area (Å²) in [6.45, 7) is 8.62. The summed E-state index contributed by atoms with van der Waals surface area (Å²) < 4.78 is 0. The van der Waals surface area contributed by atoms with Crippen LogP contribution in [-0.2, 0) is 0 Å². The van der Waals surface area contributed by atoms with Crippen LogP contribution in [0.2, 0.25) is 0 Å². The van der Waals surface area contributed by atoms with Crippen molar-refractivity contribution in [3.8, 4) is 0 Å². The molecule has 0 aliphatic heterocycles. The van der Waals surface area contributed by atoms with Gasteiger partial charge in [-0.15, -0.1) is 0 Å². The average molecular weight is 285 g/mol. The number of nitrogens with two attached hydrogens (primary N) is 1. The Bertz CT molecular complexity index is 584. The molecule has 0 atom stereocenters. The second-order valence-electron chi connectivity index (χ2n) is 5.71. The van der Waals surface area contributed by atoms with Gasteiger partial charge < -0.3 is 10.6 Å². The Hall–Kier alpha value is -1.77. The van der Waals surface area contributed by atoms with Crippen LogP contribution in [-0.4, -0.2) is 18.1 Å². The molecule has 0 fully saturated rings. The van der Waals surface area contributed by atoms with E-state index in [9.17, 15) is 0 Å². The molecule has 2 N–H and O–H groups in total. The molecular formula is C18H27N3. The summed E-state index contributed by atoms with van der Waals surface area (Å²) in [5, 5.41) is 1.07. The maximum atomic E-state index is 6.43. The van der Waals surface area contributed by atoms with Crippen LogP contribution in [0.4, 0.5) is 11.4 Å². The van der Waals surface area contributed by atoms with E-state index in [1.807, 2.05) is 13.0 Å². The highest BCUT2D eigenvalue weighted by Crippen LogP contribution is 2.31. The molecule has 3 nitrogen and oxygen atoms in total. The summed E-state index contributed by atoms with van der Waals surface area (Å²) in [7, 11) is 0. The van der Waals surface area contributed by atoms with Gasteiger partial charge in [-0.25, -0.2) is 0 Å². The van der Waals surface area contributed by atoms with Crippen molar-refractivity contribution in [3.63, 3.8) is 0 Å². The fraction of sp³-hybridized carbons (Fsp3) is 0.500. The second-order valence-corrected chi connectivity index (χ2v) is 5.71. The van der Waals surface area contributed by atoms with Crippen LogP contribution >= 0.6 is 0 Å². The van der Waals surface area contributed by atoms with E-state index >= 15 is 0 Å². The predicted molar refractivity (Wildman–Crippen MR) is 92.9 cm³/mol. The Morgan fingerprint density at radius 2 is 1.67 bits per heavy atom. The normalized spacial score (nSPS) is 11.0. The van der Waals surface area contributed by atoms with E-state index in [1.165, 1.54) is 25.7 Å². The highest BCUT2D eigenvalue weighted by Gasteiger charge is 2.12. The number of aryl methyl sites for hydroxylation is 1. The van der Waals surface area contributed by atoms with Crippen LogP contribution < -0.4 is 10.6 Å². The molecule has 2 rings (SSSR count). The summed E-state index contributed by atoms with van der Waals surface area (Å²) >= 11 is 0. The van der Waals surface area contributed by atoms with E-state index in [1.54, 1.807) is 0 Å². The lowest BCUT2D eigenvalue weighted by Crippen LogP contribution is -2.26. The van der Waals surface area contributed by atoms with Gasteiger partial charge >= 0.3 is 0 Å². The van der Waals surface area contributed by atoms with Gasteiger partial charge in [-0.1, -0.05) is 26.7 Å². The fourth-order valence-corrected chi connectivity index (χ4v) is 2.64. The number of hydrogen-bond donors (Lipinski definition) is 1. The summed E-state index contributed by atoms with van der Waals surface area (Å²) in [6, 6.07) is 8.35. The van der Waals surface area contributed by atoms with E-state index in [0.717, 1.165) is 41.1 Å². The van der Waals surface area contributed by atoms with Crippen LogP contribution in [0.5, 0.6) is 0 Å². The minimum absolute atomic E-state index is 0.868. The van der Waals surface area contributed by atoms with E-state index in [0.29, 0.717) is 0 Å². The maximum Gasteiger partial charge on any atom is 0.0727 e. The molecule has 0 amide bonds. The Morgan fingerprint density at radius 1 is 1.00 bits per heavy atom. The van der Waals surface area contributed by atoms with Gasteiger partial charge in [-0.05, 0) is 44.0 Å². The van der Waals surface area contributed by atoms with Gasteiger partial charge in [0.15, 0.2) is 0 Å². The number of benzene rings is 1. The van der Waals surface area contributed by atoms with Gasteiger partial charge in [-0.2, -0.15) is 0 Å². The largest absolute Gasteiger partial charge is 0.396 e. The van der Waals surface area contributed by atoms with E-state index < -0.39 is 0 Å². The predicted octanol–water partition coefficient (Wildman–Crippen LogP) is 4.53. The van der Waals surface area contributed by atoms with Crippen LogP contribution in [0.1, 0.15) is 45.2 Å². The lowest BCUT2D eigenvalue weighted by Gasteiger charge is -2.26. The third-order valence-corrected chi connectivity index (χ3v) is 3.93. The van der Waals surface area contributed by atoms with Crippen molar-refractivity contribution in [1.82, 2.24) is 4.98 Å². The van der Waals surface area contributed by atoms with Gasteiger partial charge in [0.2, 0.25) is 0 Å². The molecule has 2 aromatic rings. The standard InChI is InChI=1S/C18H27N3/c1-4-6-12-21(13-7-5-2)17-11-10-16-15(18(17)19)9-8-14(3)20-16/h8-11H,4-7,12-13,19H2,1-3H3. The molecule has 0 spiro atoms. The van der Waals surface area contributed by atoms with Gasteiger partial charge in [0.25, 0.3) is 0 Å². The first-order valence-corrected chi connectivity index (χ1v) is 8.08. The Morgan fingerprint density at radius 3 is 2.29 bits per heavy atom. The fourth-order valence-electron chi connectivity index (χ4n) is 2.64. The molecule has 0 unspecified atom stereocenters. The van der Waals surface area contributed by atoms with Gasteiger partial charge in [0.05, 0.1) is 16.9 Å². The van der Waals surface area contributed by atoms with E-state index in [2.05, 4.69) is 41.9 Å². The number of rotatable bonds is 7. The number of aromatic nitrogens is 1. The molecule has 21 heavy (non-hydrogen) atoms. The second kappa shape index (κ2) is 7.30. The van der Waals surface area contributed by atoms with Gasteiger partial charge in [-0.3, -0.25) is 4.98 Å². The quantitative estimate of drug-likeness (QED) is 0.760. The van der Waals surface area contributed by atoms with Crippen LogP contribution in [0.3, 0.4) is 0 Å². The number of nitrogen functional groups attached to an aromatic ring is 1. The van der Waals surface area contributed by atoms with Crippen LogP contribution in [0, 0.1) is 6.92 Å². The third-order valence-electron chi connectivity index (χ3n) is 3.93. The Balaban J connectivity index is 2.37. The van der Waals surface area contributed by atoms with Crippen molar-refractivity contribution >= 4 is 22.3 Å². The first-order valence-electron chi connectivity index (χ1n) is 8.08. The van der Waals surface area contributed by atoms with Gasteiger partial charge in [0.1, 0.15) is 0 Å². The van der Waals surface area contributed by atoms with E-state index in [4.69, 9.17) is 5.73 Å². The van der Waals surface area contributed by atoms with Crippen molar-refractivity contribution in [2.45, 2.75) is 46.5 Å². The van der Waals surface area contributed by atoms with Crippen molar-refractivity contribution < 1.29 is 0 Å². The molecule has 0 saturated carbocycles. The molecule has 1 aromatic heterocycles. The minimum atomic E-state index is 0.868. The third kappa shape index (κ3) is 3.66. The molecular weight excluding hydrogens is 258 g/mol. The molecule has 0 radical (unpaired) electrons. The smallest absolute Gasteiger partial charge is 0.0727 e. The number of anilines is 2. The van der Waals surface area contributed by atoms with Crippen LogP contribution in [0.15, 0.2) is 24.3 Å². The number of nitrogens with zero attached hydrogens (tertiary/aromatic N) is 2. The Labute approximate surface area is 128 Å². The summed E-state index contributed by atoms with van der Waals surface area (Å²) in [4.78, 5) is 6.99. The lowest BCUT2D eigenvalue weighted by atomic mass is 10.1. The zero-order valence-corrected chi connectivity index (χ0v) is 13.5. The van der Waals surface area contributed by atoms with Crippen molar-refractivity contribution in [2.24, 2.45) is 0 Å². The average Bonchev–Trinajstić information content (AvgIpc) is 2.48. The number of hydrogen-bond acceptors (Lipinski definition) is 3. The molecule has 0 saturated heterocycles. The summed E-state index contributed by atoms with van der Waals surface area (Å²) in [5.74, 6) is 0. The van der Waals surface area contributed by atoms with Crippen molar-refractivity contribution in [2.75, 3.05) is 23.7 Å². The number of fused-ring (bicyclic) bond motifs is 1. The molecule has 1 aromatic carbocycles. The van der Waals surface area contributed by atoms with Crippen LogP contribution in [0.25, 0.3) is 10.9 Å². The highest BCUT2D eigenvalue weighted by atomic mass is 15.1. The number of unbranched alkanes of at least 4 members (excludes halogenated alkanes) is 2. The lowest BCUT2D eigenvalue weighted by molar-refractivity contribution is 0.679. The first-order chi connectivity index (χ1) is 10.2. The summed E-state index contributed by atoms with van der Waals surface area (Å²) in [6.07, 6.45) is 4.81. The molecule has 3 heteroatoms. The Kier molecular flexibility index (Phi) is 5.43. The van der Waals surface area contributed by atoms with E-state index in [-0.39, 0.29) is 0 Å².